The summed E-state index contributed by atoms with van der Waals surface area (Å²) in [6.07, 6.45) is 1.61. The summed E-state index contributed by atoms with van der Waals surface area (Å²) in [4.78, 5) is 12.3. The number of hydrogen-bond acceptors (Lipinski definition) is 4. The van der Waals surface area contributed by atoms with Crippen LogP contribution in [0.2, 0.25) is 0 Å². The molecule has 2 aromatic carbocycles. The van der Waals surface area contributed by atoms with Crippen LogP contribution in [0.1, 0.15) is 28.4 Å². The molecule has 0 bridgehead atoms. The highest BCUT2D eigenvalue weighted by Crippen LogP contribution is 2.28. The van der Waals surface area contributed by atoms with Crippen LogP contribution >= 0.6 is 45.2 Å². The van der Waals surface area contributed by atoms with E-state index in [4.69, 9.17) is 9.47 Å². The molecule has 25 heavy (non-hydrogen) atoms. The van der Waals surface area contributed by atoms with Gasteiger partial charge in [0.15, 0.2) is 0 Å². The third kappa shape index (κ3) is 5.30. The Bertz CT molecular complexity index is 784. The second-order valence-corrected chi connectivity index (χ2v) is 7.47. The van der Waals surface area contributed by atoms with Crippen LogP contribution in [0.5, 0.6) is 11.5 Å². The summed E-state index contributed by atoms with van der Waals surface area (Å²) in [6.45, 7) is 4.52. The lowest BCUT2D eigenvalue weighted by Gasteiger charge is -2.09. The number of rotatable bonds is 6. The number of carbonyl (C=O) groups is 1. The fourth-order valence-corrected chi connectivity index (χ4v) is 4.28. The van der Waals surface area contributed by atoms with E-state index >= 15 is 0 Å². The van der Waals surface area contributed by atoms with E-state index < -0.39 is 0 Å². The van der Waals surface area contributed by atoms with Crippen LogP contribution in [0.4, 0.5) is 0 Å². The molecule has 132 valence electrons. The molecule has 2 rings (SSSR count). The van der Waals surface area contributed by atoms with Crippen molar-refractivity contribution >= 4 is 57.3 Å². The highest BCUT2D eigenvalue weighted by molar-refractivity contribution is 14.1. The highest BCUT2D eigenvalue weighted by atomic mass is 127. The minimum atomic E-state index is -0.316. The number of benzene rings is 2. The summed E-state index contributed by atoms with van der Waals surface area (Å²) in [5, 5.41) is 4.05. The van der Waals surface area contributed by atoms with E-state index in [0.717, 1.165) is 24.0 Å². The van der Waals surface area contributed by atoms with E-state index in [1.165, 1.54) is 0 Å². The Balaban J connectivity index is 2.12. The van der Waals surface area contributed by atoms with Crippen molar-refractivity contribution in [3.63, 3.8) is 0 Å². The quantitative estimate of drug-likeness (QED) is 0.322. The van der Waals surface area contributed by atoms with Crippen molar-refractivity contribution < 1.29 is 14.3 Å². The first-order valence-corrected chi connectivity index (χ1v) is 9.72. The lowest BCUT2D eigenvalue weighted by atomic mass is 10.1. The molecule has 0 aliphatic carbocycles. The van der Waals surface area contributed by atoms with Crippen LogP contribution in [0.15, 0.2) is 35.4 Å². The maximum atomic E-state index is 12.3. The summed E-state index contributed by atoms with van der Waals surface area (Å²) in [5.74, 6) is 1.08. The van der Waals surface area contributed by atoms with Crippen LogP contribution < -0.4 is 14.9 Å². The second kappa shape index (κ2) is 9.37. The number of aryl methyl sites for hydroxylation is 1. The number of halogens is 2. The Morgan fingerprint density at radius 1 is 1.24 bits per heavy atom. The van der Waals surface area contributed by atoms with E-state index in [0.29, 0.717) is 17.9 Å². The summed E-state index contributed by atoms with van der Waals surface area (Å²) >= 11 is 4.45. The molecular formula is C18H18I2N2O3. The summed E-state index contributed by atoms with van der Waals surface area (Å²) < 4.78 is 12.9. The molecule has 0 unspecified atom stereocenters. The number of ether oxygens (including phenoxy) is 2. The Morgan fingerprint density at radius 3 is 2.52 bits per heavy atom. The van der Waals surface area contributed by atoms with Crippen LogP contribution in [-0.2, 0) is 0 Å². The fraction of sp³-hybridized carbons (Fsp3) is 0.222. The molecule has 5 nitrogen and oxygen atoms in total. The second-order valence-electron chi connectivity index (χ2n) is 5.15. The van der Waals surface area contributed by atoms with Crippen molar-refractivity contribution in [2.24, 2.45) is 5.10 Å². The third-order valence-corrected chi connectivity index (χ3v) is 4.89. The monoisotopic (exact) mass is 564 g/mol. The molecule has 1 amide bonds. The van der Waals surface area contributed by atoms with Gasteiger partial charge in [-0.05, 0) is 94.4 Å². The minimum absolute atomic E-state index is 0.316. The Kier molecular flexibility index (Phi) is 7.48. The van der Waals surface area contributed by atoms with Crippen LogP contribution in [0, 0.1) is 14.1 Å². The molecule has 0 atom stereocenters. The first kappa shape index (κ1) is 20.0. The molecule has 0 fully saturated rings. The molecule has 0 aliphatic heterocycles. The number of nitrogens with one attached hydrogen (secondary N) is 1. The summed E-state index contributed by atoms with van der Waals surface area (Å²) in [5.41, 5.74) is 4.89. The van der Waals surface area contributed by atoms with Crippen LogP contribution in [0.3, 0.4) is 0 Å². The van der Waals surface area contributed by atoms with Crippen molar-refractivity contribution in [3.8, 4) is 11.5 Å². The smallest absolute Gasteiger partial charge is 0.275 e. The van der Waals surface area contributed by atoms with Crippen molar-refractivity contribution in [2.45, 2.75) is 13.8 Å². The van der Waals surface area contributed by atoms with Gasteiger partial charge in [-0.15, -0.1) is 0 Å². The lowest BCUT2D eigenvalue weighted by molar-refractivity contribution is 0.0952. The predicted molar refractivity (Wildman–Crippen MR) is 116 cm³/mol. The van der Waals surface area contributed by atoms with Crippen molar-refractivity contribution in [3.05, 3.63) is 54.2 Å². The van der Waals surface area contributed by atoms with Gasteiger partial charge < -0.3 is 9.47 Å². The molecule has 7 heteroatoms. The van der Waals surface area contributed by atoms with Crippen molar-refractivity contribution in [2.75, 3.05) is 13.7 Å². The Morgan fingerprint density at radius 2 is 1.92 bits per heavy atom. The molecule has 0 saturated carbocycles. The average Bonchev–Trinajstić information content (AvgIpc) is 2.57. The van der Waals surface area contributed by atoms with Gasteiger partial charge in [0.2, 0.25) is 0 Å². The van der Waals surface area contributed by atoms with E-state index in [-0.39, 0.29) is 5.91 Å². The molecule has 2 aromatic rings. The zero-order valence-electron chi connectivity index (χ0n) is 14.1. The fourth-order valence-electron chi connectivity index (χ4n) is 2.15. The third-order valence-electron chi connectivity index (χ3n) is 3.29. The molecule has 1 N–H and O–H groups in total. The van der Waals surface area contributed by atoms with Gasteiger partial charge in [0.05, 0.1) is 32.6 Å². The first-order valence-electron chi connectivity index (χ1n) is 7.56. The maximum absolute atomic E-state index is 12.3. The average molecular weight is 564 g/mol. The molecule has 0 aliphatic rings. The molecule has 0 spiro atoms. The summed E-state index contributed by atoms with van der Waals surface area (Å²) in [6, 6.07) is 9.31. The van der Waals surface area contributed by atoms with Gasteiger partial charge in [-0.2, -0.15) is 5.10 Å². The zero-order valence-corrected chi connectivity index (χ0v) is 18.4. The van der Waals surface area contributed by atoms with E-state index in [1.807, 2.05) is 38.1 Å². The summed E-state index contributed by atoms with van der Waals surface area (Å²) in [7, 11) is 1.54. The molecule has 0 saturated heterocycles. The molecular weight excluding hydrogens is 546 g/mol. The van der Waals surface area contributed by atoms with Crippen molar-refractivity contribution in [1.29, 1.82) is 0 Å². The first-order chi connectivity index (χ1) is 12.0. The van der Waals surface area contributed by atoms with E-state index in [1.54, 1.807) is 19.4 Å². The number of carbonyl (C=O) groups excluding carboxylic acids is 1. The zero-order chi connectivity index (χ0) is 18.4. The topological polar surface area (TPSA) is 59.9 Å². The number of amides is 1. The van der Waals surface area contributed by atoms with Gasteiger partial charge >= 0.3 is 0 Å². The SMILES string of the molecule is CCOc1c(I)cc(/C=N\NC(=O)c2ccc(C)cc2OC)cc1I. The normalized spacial score (nSPS) is 10.8. The largest absolute Gasteiger partial charge is 0.496 e. The molecule has 0 heterocycles. The van der Waals surface area contributed by atoms with Crippen LogP contribution in [0.25, 0.3) is 0 Å². The van der Waals surface area contributed by atoms with Gasteiger partial charge in [0.1, 0.15) is 11.5 Å². The molecule has 0 aromatic heterocycles. The standard InChI is InChI=1S/C18H18I2N2O3/c1-4-25-17-14(19)8-12(9-15(17)20)10-21-22-18(23)13-6-5-11(2)7-16(13)24-3/h5-10H,4H2,1-3H3,(H,22,23)/b21-10-. The lowest BCUT2D eigenvalue weighted by Crippen LogP contribution is -2.18. The Labute approximate surface area is 174 Å². The maximum Gasteiger partial charge on any atom is 0.275 e. The van der Waals surface area contributed by atoms with E-state index in [9.17, 15) is 4.79 Å². The number of methoxy groups -OCH3 is 1. The van der Waals surface area contributed by atoms with Gasteiger partial charge in [0.25, 0.3) is 5.91 Å². The number of hydrogen-bond donors (Lipinski definition) is 1. The van der Waals surface area contributed by atoms with E-state index in [2.05, 4.69) is 55.7 Å². The van der Waals surface area contributed by atoms with Gasteiger partial charge in [-0.1, -0.05) is 6.07 Å². The minimum Gasteiger partial charge on any atom is -0.496 e. The number of nitrogens with zero attached hydrogens (tertiary/aromatic N) is 1. The Hall–Kier alpha value is -1.36. The van der Waals surface area contributed by atoms with Crippen molar-refractivity contribution in [1.82, 2.24) is 5.43 Å². The highest BCUT2D eigenvalue weighted by Gasteiger charge is 2.11. The van der Waals surface area contributed by atoms with Gasteiger partial charge in [-0.3, -0.25) is 4.79 Å². The number of hydrazone groups is 1. The predicted octanol–water partition coefficient (Wildman–Crippen LogP) is 4.38. The molecule has 0 radical (unpaired) electrons. The van der Waals surface area contributed by atoms with Gasteiger partial charge in [0, 0.05) is 0 Å². The van der Waals surface area contributed by atoms with Crippen LogP contribution in [-0.4, -0.2) is 25.8 Å². The van der Waals surface area contributed by atoms with Gasteiger partial charge in [-0.25, -0.2) is 5.43 Å².